The lowest BCUT2D eigenvalue weighted by Crippen LogP contribution is -2.47. The zero-order valence-corrected chi connectivity index (χ0v) is 24.5. The Morgan fingerprint density at radius 2 is 1.64 bits per heavy atom. The summed E-state index contributed by atoms with van der Waals surface area (Å²) in [4.78, 5) is 41.4. The van der Waals surface area contributed by atoms with Crippen molar-refractivity contribution in [3.8, 4) is 11.1 Å². The van der Waals surface area contributed by atoms with E-state index in [1.165, 1.54) is 23.0 Å². The van der Waals surface area contributed by atoms with Crippen molar-refractivity contribution in [3.05, 3.63) is 82.8 Å². The third-order valence-corrected chi connectivity index (χ3v) is 7.69. The molecule has 5 rings (SSSR count). The van der Waals surface area contributed by atoms with Crippen molar-refractivity contribution in [2.45, 2.75) is 57.9 Å². The largest absolute Gasteiger partial charge is 0.478 e. The lowest BCUT2D eigenvalue weighted by atomic mass is 9.98. The number of hydrogen-bond acceptors (Lipinski definition) is 7. The maximum atomic E-state index is 13.9. The molecule has 3 aromatic rings. The molecule has 1 N–H and O–H groups in total. The van der Waals surface area contributed by atoms with Gasteiger partial charge < -0.3 is 28.6 Å². The highest BCUT2D eigenvalue weighted by Gasteiger charge is 2.43. The van der Waals surface area contributed by atoms with E-state index in [2.05, 4.69) is 12.1 Å². The van der Waals surface area contributed by atoms with Crippen molar-refractivity contribution in [2.24, 2.45) is 0 Å². The molecule has 2 heterocycles. The number of ether oxygens (including phenoxy) is 3. The van der Waals surface area contributed by atoms with Crippen LogP contribution in [0, 0.1) is 6.92 Å². The normalized spacial score (nSPS) is 18.0. The van der Waals surface area contributed by atoms with Gasteiger partial charge in [0, 0.05) is 19.6 Å². The number of hydrogen-bond donors (Lipinski definition) is 1. The van der Waals surface area contributed by atoms with Crippen molar-refractivity contribution in [1.29, 1.82) is 0 Å². The van der Waals surface area contributed by atoms with Crippen molar-refractivity contribution in [1.82, 2.24) is 9.80 Å². The molecule has 0 spiro atoms. The Hall–Kier alpha value is -4.31. The maximum absolute atomic E-state index is 13.9. The molecule has 1 fully saturated rings. The van der Waals surface area contributed by atoms with Gasteiger partial charge in [-0.05, 0) is 56.0 Å². The van der Waals surface area contributed by atoms with E-state index in [9.17, 15) is 19.5 Å². The second-order valence-electron chi connectivity index (χ2n) is 11.6. The van der Waals surface area contributed by atoms with Crippen molar-refractivity contribution in [3.63, 3.8) is 0 Å². The number of methoxy groups -OCH3 is 1. The molecule has 1 aromatic heterocycles. The summed E-state index contributed by atoms with van der Waals surface area (Å²) in [7, 11) is 1.52. The number of carboxylic acids is 1. The van der Waals surface area contributed by atoms with Gasteiger partial charge in [-0.15, -0.1) is 0 Å². The summed E-state index contributed by atoms with van der Waals surface area (Å²) in [5.41, 5.74) is 3.71. The molecule has 0 bridgehead atoms. The minimum Gasteiger partial charge on any atom is -0.478 e. The van der Waals surface area contributed by atoms with Crippen molar-refractivity contribution >= 4 is 18.2 Å². The minimum atomic E-state index is -1.12. The van der Waals surface area contributed by atoms with Gasteiger partial charge in [-0.1, -0.05) is 48.5 Å². The first-order valence-corrected chi connectivity index (χ1v) is 13.9. The van der Waals surface area contributed by atoms with Crippen LogP contribution in [0.4, 0.5) is 9.59 Å². The summed E-state index contributed by atoms with van der Waals surface area (Å²) in [6.07, 6.45) is -1.67. The highest BCUT2D eigenvalue weighted by Crippen LogP contribution is 2.44. The Bertz CT molecular complexity index is 1440. The van der Waals surface area contributed by atoms with Crippen LogP contribution < -0.4 is 0 Å². The zero-order valence-electron chi connectivity index (χ0n) is 24.5. The Morgan fingerprint density at radius 1 is 1.02 bits per heavy atom. The molecular formula is C32H36N2O8. The quantitative estimate of drug-likeness (QED) is 0.382. The van der Waals surface area contributed by atoms with E-state index in [1.807, 2.05) is 36.4 Å². The lowest BCUT2D eigenvalue weighted by Gasteiger charge is -2.31. The number of carbonyl (C=O) groups is 3. The Labute approximate surface area is 244 Å². The molecule has 1 aliphatic carbocycles. The van der Waals surface area contributed by atoms with Crippen LogP contribution in [0.2, 0.25) is 0 Å². The Balaban J connectivity index is 1.41. The number of benzene rings is 2. The molecule has 10 nitrogen and oxygen atoms in total. The number of fused-ring (bicyclic) bond motifs is 3. The summed E-state index contributed by atoms with van der Waals surface area (Å²) in [6.45, 7) is 7.29. The molecule has 0 unspecified atom stereocenters. The Morgan fingerprint density at radius 3 is 2.19 bits per heavy atom. The molecule has 222 valence electrons. The van der Waals surface area contributed by atoms with E-state index in [-0.39, 0.29) is 49.2 Å². The van der Waals surface area contributed by atoms with E-state index in [0.29, 0.717) is 0 Å². The first-order valence-electron chi connectivity index (χ1n) is 13.9. The molecule has 0 radical (unpaired) electrons. The number of carboxylic acid groups (broad SMARTS) is 1. The third kappa shape index (κ3) is 5.85. The molecule has 10 heteroatoms. The van der Waals surface area contributed by atoms with Gasteiger partial charge in [-0.3, -0.25) is 4.90 Å². The summed E-state index contributed by atoms with van der Waals surface area (Å²) < 4.78 is 23.0. The number of amides is 2. The first-order chi connectivity index (χ1) is 20.0. The predicted octanol–water partition coefficient (Wildman–Crippen LogP) is 5.67. The lowest BCUT2D eigenvalue weighted by molar-refractivity contribution is 0.0230. The van der Waals surface area contributed by atoms with Crippen LogP contribution in [0.3, 0.4) is 0 Å². The fourth-order valence-electron chi connectivity index (χ4n) is 5.76. The van der Waals surface area contributed by atoms with E-state index in [0.717, 1.165) is 22.3 Å². The fourth-order valence-corrected chi connectivity index (χ4v) is 5.76. The minimum absolute atomic E-state index is 0.0163. The average molecular weight is 577 g/mol. The zero-order chi connectivity index (χ0) is 30.2. The number of aryl methyl sites for hydroxylation is 1. The van der Waals surface area contributed by atoms with E-state index in [4.69, 9.17) is 18.6 Å². The van der Waals surface area contributed by atoms with Gasteiger partial charge in [0.1, 0.15) is 29.3 Å². The third-order valence-electron chi connectivity index (χ3n) is 7.69. The van der Waals surface area contributed by atoms with Crippen LogP contribution in [-0.4, -0.2) is 77.6 Å². The van der Waals surface area contributed by atoms with Gasteiger partial charge in [0.2, 0.25) is 0 Å². The summed E-state index contributed by atoms with van der Waals surface area (Å²) in [6, 6.07) is 16.9. The van der Waals surface area contributed by atoms with Crippen LogP contribution in [-0.2, 0) is 20.8 Å². The predicted molar refractivity (Wildman–Crippen MR) is 153 cm³/mol. The molecule has 1 aliphatic heterocycles. The van der Waals surface area contributed by atoms with E-state index < -0.39 is 35.9 Å². The highest BCUT2D eigenvalue weighted by atomic mass is 16.6. The number of likely N-dealkylation sites (tertiary alicyclic amines) is 1. The number of nitrogens with zero attached hydrogens (tertiary/aromatic N) is 2. The monoisotopic (exact) mass is 576 g/mol. The SMILES string of the molecule is CO[C@@H]1CN(C(=O)OC(C)(C)C)C[C@H]1N(Cc1cc(C(=O)O)c(C)o1)C(=O)OCC1c2ccccc2-c2ccccc21. The van der Waals surface area contributed by atoms with Gasteiger partial charge in [0.05, 0.1) is 25.2 Å². The molecule has 2 atom stereocenters. The molecule has 42 heavy (non-hydrogen) atoms. The second-order valence-corrected chi connectivity index (χ2v) is 11.6. The van der Waals surface area contributed by atoms with Gasteiger partial charge in [-0.25, -0.2) is 14.4 Å². The van der Waals surface area contributed by atoms with Gasteiger partial charge >= 0.3 is 18.2 Å². The van der Waals surface area contributed by atoms with Crippen LogP contribution >= 0.6 is 0 Å². The first kappa shape index (κ1) is 29.2. The molecule has 2 amide bonds. The van der Waals surface area contributed by atoms with Gasteiger partial charge in [-0.2, -0.15) is 0 Å². The standard InChI is InChI=1S/C32H36N2O8/c1-19-25(29(35)36)14-20(41-19)15-34(27-16-33(17-28(27)39-5)30(37)42-32(2,3)4)31(38)40-18-26-23-12-8-6-10-21(23)22-11-7-9-13-24(22)26/h6-14,26-28H,15-18H2,1-5H3,(H,35,36)/t27-,28-/m1/s1. The van der Waals surface area contributed by atoms with Crippen LogP contribution in [0.15, 0.2) is 59.0 Å². The molecular weight excluding hydrogens is 540 g/mol. The number of carbonyl (C=O) groups excluding carboxylic acids is 2. The van der Waals surface area contributed by atoms with E-state index >= 15 is 0 Å². The second kappa shape index (κ2) is 11.5. The summed E-state index contributed by atoms with van der Waals surface area (Å²) >= 11 is 0. The van der Waals surface area contributed by atoms with Gasteiger partial charge in [0.25, 0.3) is 0 Å². The average Bonchev–Trinajstić information content (AvgIpc) is 3.63. The fraction of sp³-hybridized carbons (Fsp3) is 0.406. The maximum Gasteiger partial charge on any atom is 0.410 e. The number of rotatable bonds is 7. The van der Waals surface area contributed by atoms with Gasteiger partial charge in [0.15, 0.2) is 0 Å². The van der Waals surface area contributed by atoms with Crippen LogP contribution in [0.5, 0.6) is 0 Å². The highest BCUT2D eigenvalue weighted by molar-refractivity contribution is 5.88. The molecule has 2 aromatic carbocycles. The molecule has 1 saturated heterocycles. The molecule has 0 saturated carbocycles. The summed E-state index contributed by atoms with van der Waals surface area (Å²) in [5, 5.41) is 9.52. The molecule has 2 aliphatic rings. The Kier molecular flexibility index (Phi) is 8.01. The smallest absolute Gasteiger partial charge is 0.410 e. The van der Waals surface area contributed by atoms with Crippen LogP contribution in [0.25, 0.3) is 11.1 Å². The van der Waals surface area contributed by atoms with Crippen molar-refractivity contribution in [2.75, 3.05) is 26.8 Å². The van der Waals surface area contributed by atoms with Crippen molar-refractivity contribution < 1.29 is 38.1 Å². The number of furan rings is 1. The van der Waals surface area contributed by atoms with Crippen LogP contribution in [0.1, 0.15) is 59.7 Å². The number of aromatic carboxylic acids is 1. The topological polar surface area (TPSA) is 119 Å². The van der Waals surface area contributed by atoms with E-state index in [1.54, 1.807) is 27.7 Å². The summed E-state index contributed by atoms with van der Waals surface area (Å²) in [5.74, 6) is -0.756.